The topological polar surface area (TPSA) is 41.6 Å². The number of benzene rings is 2. The molecular weight excluding hydrogens is 246 g/mol. The fourth-order valence-corrected chi connectivity index (χ4v) is 2.39. The predicted molar refractivity (Wildman–Crippen MR) is 78.5 cm³/mol. The lowest BCUT2D eigenvalue weighted by Crippen LogP contribution is -2.02. The van der Waals surface area contributed by atoms with Gasteiger partial charge in [-0.2, -0.15) is 10.4 Å². The Bertz CT molecular complexity index is 766. The molecule has 96 valence electrons. The van der Waals surface area contributed by atoms with Crippen LogP contribution in [-0.2, 0) is 0 Å². The Morgan fingerprint density at radius 3 is 2.50 bits per heavy atom. The van der Waals surface area contributed by atoms with Gasteiger partial charge in [0.2, 0.25) is 0 Å². The summed E-state index contributed by atoms with van der Waals surface area (Å²) in [5.41, 5.74) is 4.73. The molecule has 0 atom stereocenters. The minimum absolute atomic E-state index is 0.623. The van der Waals surface area contributed by atoms with Gasteiger partial charge < -0.3 is 0 Å². The van der Waals surface area contributed by atoms with Crippen molar-refractivity contribution in [2.24, 2.45) is 0 Å². The van der Waals surface area contributed by atoms with Crippen LogP contribution in [0.3, 0.4) is 0 Å². The van der Waals surface area contributed by atoms with E-state index < -0.39 is 0 Å². The summed E-state index contributed by atoms with van der Waals surface area (Å²) in [4.78, 5) is 0. The molecule has 0 bridgehead atoms. The minimum atomic E-state index is 0.623. The Hall–Kier alpha value is -2.86. The molecule has 0 saturated carbocycles. The SMILES string of the molecule is Cc1ccc(C#N)c(-n2cccn2)c1-c1ccccc1. The maximum Gasteiger partial charge on any atom is 0.101 e. The Labute approximate surface area is 117 Å². The fourth-order valence-electron chi connectivity index (χ4n) is 2.39. The third-order valence-electron chi connectivity index (χ3n) is 3.30. The summed E-state index contributed by atoms with van der Waals surface area (Å²) in [5.74, 6) is 0. The van der Waals surface area contributed by atoms with Crippen molar-refractivity contribution in [1.82, 2.24) is 9.78 Å². The molecule has 3 aromatic rings. The Morgan fingerprint density at radius 2 is 1.85 bits per heavy atom. The number of hydrogen-bond donors (Lipinski definition) is 0. The highest BCUT2D eigenvalue weighted by Crippen LogP contribution is 2.32. The van der Waals surface area contributed by atoms with Crippen LogP contribution in [0.1, 0.15) is 11.1 Å². The first-order chi connectivity index (χ1) is 9.81. The van der Waals surface area contributed by atoms with Gasteiger partial charge in [0.1, 0.15) is 6.07 Å². The number of nitrogens with zero attached hydrogens (tertiary/aromatic N) is 3. The Balaban J connectivity index is 2.37. The zero-order chi connectivity index (χ0) is 13.9. The molecule has 3 rings (SSSR count). The van der Waals surface area contributed by atoms with E-state index in [-0.39, 0.29) is 0 Å². The highest BCUT2D eigenvalue weighted by Gasteiger charge is 2.14. The van der Waals surface area contributed by atoms with Crippen LogP contribution in [0.15, 0.2) is 60.9 Å². The highest BCUT2D eigenvalue weighted by atomic mass is 15.3. The first-order valence-electron chi connectivity index (χ1n) is 6.40. The number of rotatable bonds is 2. The first-order valence-corrected chi connectivity index (χ1v) is 6.40. The highest BCUT2D eigenvalue weighted by molar-refractivity contribution is 5.79. The molecule has 0 aliphatic heterocycles. The second-order valence-electron chi connectivity index (χ2n) is 4.58. The molecule has 0 aliphatic rings. The molecule has 0 amide bonds. The summed E-state index contributed by atoms with van der Waals surface area (Å²) >= 11 is 0. The monoisotopic (exact) mass is 259 g/mol. The van der Waals surface area contributed by atoms with Crippen molar-refractivity contribution in [2.45, 2.75) is 6.92 Å². The fraction of sp³-hybridized carbons (Fsp3) is 0.0588. The quantitative estimate of drug-likeness (QED) is 0.703. The van der Waals surface area contributed by atoms with Gasteiger partial charge in [0.25, 0.3) is 0 Å². The van der Waals surface area contributed by atoms with Crippen LogP contribution >= 0.6 is 0 Å². The average Bonchev–Trinajstić information content (AvgIpc) is 3.01. The van der Waals surface area contributed by atoms with Gasteiger partial charge in [-0.05, 0) is 30.2 Å². The van der Waals surface area contributed by atoms with Crippen LogP contribution < -0.4 is 0 Å². The summed E-state index contributed by atoms with van der Waals surface area (Å²) in [6.07, 6.45) is 3.58. The van der Waals surface area contributed by atoms with Gasteiger partial charge in [0, 0.05) is 18.0 Å². The Morgan fingerprint density at radius 1 is 1.05 bits per heavy atom. The zero-order valence-corrected chi connectivity index (χ0v) is 11.1. The normalized spacial score (nSPS) is 10.2. The zero-order valence-electron chi connectivity index (χ0n) is 11.1. The predicted octanol–water partition coefficient (Wildman–Crippen LogP) is 3.72. The van der Waals surface area contributed by atoms with E-state index in [4.69, 9.17) is 0 Å². The molecule has 0 unspecified atom stereocenters. The van der Waals surface area contributed by atoms with Crippen molar-refractivity contribution in [2.75, 3.05) is 0 Å². The van der Waals surface area contributed by atoms with Gasteiger partial charge in [-0.25, -0.2) is 4.68 Å². The second-order valence-corrected chi connectivity index (χ2v) is 4.58. The molecule has 2 aromatic carbocycles. The van der Waals surface area contributed by atoms with Crippen LogP contribution in [0.4, 0.5) is 0 Å². The first kappa shape index (κ1) is 12.2. The second kappa shape index (κ2) is 5.02. The molecule has 0 saturated heterocycles. The molecule has 20 heavy (non-hydrogen) atoms. The number of aromatic nitrogens is 2. The van der Waals surface area contributed by atoms with E-state index in [9.17, 15) is 5.26 Å². The molecule has 0 aliphatic carbocycles. The van der Waals surface area contributed by atoms with Crippen LogP contribution in [-0.4, -0.2) is 9.78 Å². The van der Waals surface area contributed by atoms with Crippen LogP contribution in [0.25, 0.3) is 16.8 Å². The van der Waals surface area contributed by atoms with Crippen molar-refractivity contribution in [3.63, 3.8) is 0 Å². The molecule has 1 heterocycles. The number of aryl methyl sites for hydroxylation is 1. The molecular formula is C17H13N3. The van der Waals surface area contributed by atoms with Crippen molar-refractivity contribution < 1.29 is 0 Å². The molecule has 0 spiro atoms. The molecule has 3 nitrogen and oxygen atoms in total. The largest absolute Gasteiger partial charge is 0.239 e. The summed E-state index contributed by atoms with van der Waals surface area (Å²) in [7, 11) is 0. The molecule has 0 fully saturated rings. The van der Waals surface area contributed by atoms with E-state index in [2.05, 4.69) is 30.2 Å². The van der Waals surface area contributed by atoms with Crippen molar-refractivity contribution in [1.29, 1.82) is 5.26 Å². The minimum Gasteiger partial charge on any atom is -0.239 e. The summed E-state index contributed by atoms with van der Waals surface area (Å²) in [6.45, 7) is 2.05. The lowest BCUT2D eigenvalue weighted by atomic mass is 9.95. The van der Waals surface area contributed by atoms with Crippen molar-refractivity contribution in [3.05, 3.63) is 72.1 Å². The molecule has 0 N–H and O–H groups in total. The third kappa shape index (κ3) is 1.98. The average molecular weight is 259 g/mol. The van der Waals surface area contributed by atoms with Crippen molar-refractivity contribution >= 4 is 0 Å². The Kier molecular flexibility index (Phi) is 3.06. The van der Waals surface area contributed by atoms with Crippen molar-refractivity contribution in [3.8, 4) is 22.9 Å². The maximum atomic E-state index is 9.39. The van der Waals surface area contributed by atoms with Gasteiger partial charge in [0.05, 0.1) is 11.3 Å². The molecule has 1 aromatic heterocycles. The van der Waals surface area contributed by atoms with E-state index in [1.54, 1.807) is 10.9 Å². The number of hydrogen-bond acceptors (Lipinski definition) is 2. The van der Waals surface area contributed by atoms with E-state index in [0.29, 0.717) is 5.56 Å². The van der Waals surface area contributed by atoms with Crippen LogP contribution in [0.2, 0.25) is 0 Å². The van der Waals surface area contributed by atoms with Crippen LogP contribution in [0, 0.1) is 18.3 Å². The number of nitriles is 1. The maximum absolute atomic E-state index is 9.39. The smallest absolute Gasteiger partial charge is 0.101 e. The van der Waals surface area contributed by atoms with Gasteiger partial charge >= 0.3 is 0 Å². The van der Waals surface area contributed by atoms with E-state index in [1.165, 1.54) is 0 Å². The lowest BCUT2D eigenvalue weighted by molar-refractivity contribution is 0.878. The van der Waals surface area contributed by atoms with Gasteiger partial charge in [0.15, 0.2) is 0 Å². The van der Waals surface area contributed by atoms with E-state index in [1.807, 2.05) is 42.6 Å². The standard InChI is InChI=1S/C17H13N3/c1-13-8-9-15(12-18)17(20-11-5-10-19-20)16(13)14-6-3-2-4-7-14/h2-11H,1H3. The van der Waals surface area contributed by atoms with Crippen LogP contribution in [0.5, 0.6) is 0 Å². The third-order valence-corrected chi connectivity index (χ3v) is 3.30. The van der Waals surface area contributed by atoms with E-state index >= 15 is 0 Å². The molecule has 0 radical (unpaired) electrons. The summed E-state index contributed by atoms with van der Waals surface area (Å²) < 4.78 is 1.76. The van der Waals surface area contributed by atoms with Gasteiger partial charge in [-0.3, -0.25) is 0 Å². The van der Waals surface area contributed by atoms with Gasteiger partial charge in [-0.15, -0.1) is 0 Å². The summed E-state index contributed by atoms with van der Waals surface area (Å²) in [5, 5.41) is 13.7. The van der Waals surface area contributed by atoms with E-state index in [0.717, 1.165) is 22.4 Å². The van der Waals surface area contributed by atoms with Gasteiger partial charge in [-0.1, -0.05) is 36.4 Å². The lowest BCUT2D eigenvalue weighted by Gasteiger charge is -2.14. The summed E-state index contributed by atoms with van der Waals surface area (Å²) in [6, 6.07) is 18.0. The molecule has 3 heteroatoms.